The lowest BCUT2D eigenvalue weighted by Gasteiger charge is -2.14. The van der Waals surface area contributed by atoms with Crippen LogP contribution in [-0.4, -0.2) is 58.3 Å². The van der Waals surface area contributed by atoms with Gasteiger partial charge < -0.3 is 15.1 Å². The molecular weight excluding hydrogens is 190 g/mol. The highest BCUT2D eigenvalue weighted by Gasteiger charge is 2.31. The van der Waals surface area contributed by atoms with Crippen molar-refractivity contribution >= 4 is 17.7 Å². The molecule has 1 rings (SSSR count). The first-order chi connectivity index (χ1) is 6.15. The maximum absolute atomic E-state index is 11.4. The van der Waals surface area contributed by atoms with E-state index >= 15 is 0 Å². The molecule has 0 aromatic carbocycles. The van der Waals surface area contributed by atoms with E-state index in [-0.39, 0.29) is 19.0 Å². The Morgan fingerprint density at radius 3 is 2.46 bits per heavy atom. The van der Waals surface area contributed by atoms with Crippen LogP contribution in [0.5, 0.6) is 0 Å². The number of amides is 1. The Morgan fingerprint density at radius 1 is 1.46 bits per heavy atom. The van der Waals surface area contributed by atoms with Crippen molar-refractivity contribution in [3.05, 3.63) is 0 Å². The highest BCUT2D eigenvalue weighted by atomic mass is 32.2. The molecule has 0 bridgehead atoms. The molecule has 1 aliphatic rings. The normalized spacial score (nSPS) is 28.1. The molecule has 0 aromatic heterocycles. The number of carbonyl (C=O) groups excluding carboxylic acids is 1. The molecule has 1 heterocycles. The molecule has 2 unspecified atom stereocenters. The molecule has 5 heteroatoms. The molecule has 1 aliphatic heterocycles. The van der Waals surface area contributed by atoms with Crippen LogP contribution in [0.15, 0.2) is 0 Å². The number of carbonyl (C=O) groups is 1. The summed E-state index contributed by atoms with van der Waals surface area (Å²) in [5, 5.41) is 18.4. The minimum absolute atomic E-state index is 0.0185. The molecule has 2 N–H and O–H groups in total. The maximum atomic E-state index is 11.4. The molecule has 1 saturated heterocycles. The van der Waals surface area contributed by atoms with Crippen LogP contribution in [0, 0.1) is 0 Å². The smallest absolute Gasteiger partial charge is 0.223 e. The van der Waals surface area contributed by atoms with Gasteiger partial charge in [-0.3, -0.25) is 4.79 Å². The van der Waals surface area contributed by atoms with Gasteiger partial charge >= 0.3 is 0 Å². The van der Waals surface area contributed by atoms with E-state index in [1.807, 2.05) is 6.26 Å². The van der Waals surface area contributed by atoms with Gasteiger partial charge in [0.05, 0.1) is 12.2 Å². The summed E-state index contributed by atoms with van der Waals surface area (Å²) >= 11 is 1.62. The summed E-state index contributed by atoms with van der Waals surface area (Å²) in [6.07, 6.45) is 0.901. The Kier molecular flexibility index (Phi) is 4.02. The zero-order valence-electron chi connectivity index (χ0n) is 7.64. The predicted molar refractivity (Wildman–Crippen MR) is 51.6 cm³/mol. The van der Waals surface area contributed by atoms with Crippen molar-refractivity contribution in [2.75, 3.05) is 25.1 Å². The monoisotopic (exact) mass is 205 g/mol. The fraction of sp³-hybridized carbons (Fsp3) is 0.875. The van der Waals surface area contributed by atoms with Crippen LogP contribution in [0.2, 0.25) is 0 Å². The molecule has 0 radical (unpaired) electrons. The minimum Gasteiger partial charge on any atom is -0.388 e. The van der Waals surface area contributed by atoms with E-state index in [0.717, 1.165) is 5.75 Å². The molecular formula is C8H15NO3S. The Morgan fingerprint density at radius 2 is 2.00 bits per heavy atom. The zero-order valence-corrected chi connectivity index (χ0v) is 8.46. The average molecular weight is 205 g/mol. The second kappa shape index (κ2) is 4.83. The van der Waals surface area contributed by atoms with Crippen LogP contribution >= 0.6 is 11.8 Å². The van der Waals surface area contributed by atoms with Gasteiger partial charge in [-0.15, -0.1) is 0 Å². The van der Waals surface area contributed by atoms with Crippen LogP contribution < -0.4 is 0 Å². The molecule has 76 valence electrons. The summed E-state index contributed by atoms with van der Waals surface area (Å²) in [5.41, 5.74) is 0. The molecule has 13 heavy (non-hydrogen) atoms. The van der Waals surface area contributed by atoms with Gasteiger partial charge in [-0.2, -0.15) is 11.8 Å². The first kappa shape index (κ1) is 10.8. The summed E-state index contributed by atoms with van der Waals surface area (Å²) in [7, 11) is 0. The standard InChI is InChI=1S/C8H15NO3S/c1-13-3-2-8(12)9-4-6(10)7(11)5-9/h6-7,10-11H,2-5H2,1H3. The van der Waals surface area contributed by atoms with Crippen LogP contribution in [0.25, 0.3) is 0 Å². The van der Waals surface area contributed by atoms with Crippen LogP contribution in [0.1, 0.15) is 6.42 Å². The largest absolute Gasteiger partial charge is 0.388 e. The number of likely N-dealkylation sites (tertiary alicyclic amines) is 1. The number of hydrogen-bond donors (Lipinski definition) is 2. The van der Waals surface area contributed by atoms with Crippen LogP contribution in [-0.2, 0) is 4.79 Å². The third kappa shape index (κ3) is 2.86. The fourth-order valence-corrected chi connectivity index (χ4v) is 1.70. The first-order valence-electron chi connectivity index (χ1n) is 4.28. The molecule has 0 aromatic rings. The number of thioether (sulfide) groups is 1. The van der Waals surface area contributed by atoms with Crippen molar-refractivity contribution < 1.29 is 15.0 Å². The third-order valence-electron chi connectivity index (χ3n) is 2.13. The Hall–Kier alpha value is -0.260. The van der Waals surface area contributed by atoms with Crippen molar-refractivity contribution in [1.29, 1.82) is 0 Å². The highest BCUT2D eigenvalue weighted by molar-refractivity contribution is 7.98. The SMILES string of the molecule is CSCCC(=O)N1CC(O)C(O)C1. The van der Waals surface area contributed by atoms with E-state index in [4.69, 9.17) is 0 Å². The highest BCUT2D eigenvalue weighted by Crippen LogP contribution is 2.11. The molecule has 0 aliphatic carbocycles. The average Bonchev–Trinajstić information content (AvgIpc) is 2.43. The van der Waals surface area contributed by atoms with Crippen molar-refractivity contribution in [3.8, 4) is 0 Å². The Labute approximate surface area is 81.9 Å². The molecule has 1 fully saturated rings. The molecule has 0 spiro atoms. The minimum atomic E-state index is -0.766. The third-order valence-corrected chi connectivity index (χ3v) is 2.74. The van der Waals surface area contributed by atoms with Gasteiger partial charge in [-0.05, 0) is 6.26 Å². The Bertz CT molecular complexity index is 178. The maximum Gasteiger partial charge on any atom is 0.223 e. The van der Waals surface area contributed by atoms with Crippen LogP contribution in [0.3, 0.4) is 0 Å². The lowest BCUT2D eigenvalue weighted by atomic mass is 10.3. The number of β-amino-alcohol motifs (C(OH)–C–C–N with tert-alkyl or cyclic N) is 2. The quantitative estimate of drug-likeness (QED) is 0.640. The van der Waals surface area contributed by atoms with Gasteiger partial charge in [0.25, 0.3) is 0 Å². The molecule has 0 saturated carbocycles. The zero-order chi connectivity index (χ0) is 9.84. The van der Waals surface area contributed by atoms with Crippen molar-refractivity contribution in [2.45, 2.75) is 18.6 Å². The predicted octanol–water partition coefficient (Wildman–Crippen LogP) is -0.697. The second-order valence-corrected chi connectivity index (χ2v) is 4.16. The van der Waals surface area contributed by atoms with Crippen molar-refractivity contribution in [3.63, 3.8) is 0 Å². The van der Waals surface area contributed by atoms with Gasteiger partial charge in [0, 0.05) is 25.3 Å². The van der Waals surface area contributed by atoms with Crippen LogP contribution in [0.4, 0.5) is 0 Å². The van der Waals surface area contributed by atoms with E-state index < -0.39 is 12.2 Å². The van der Waals surface area contributed by atoms with Gasteiger partial charge in [0.15, 0.2) is 0 Å². The fourth-order valence-electron chi connectivity index (χ4n) is 1.32. The lowest BCUT2D eigenvalue weighted by Crippen LogP contribution is -2.29. The second-order valence-electron chi connectivity index (χ2n) is 3.18. The summed E-state index contributed by atoms with van der Waals surface area (Å²) in [6.45, 7) is 0.544. The number of hydrogen-bond acceptors (Lipinski definition) is 4. The van der Waals surface area contributed by atoms with Crippen molar-refractivity contribution in [1.82, 2.24) is 4.90 Å². The number of aliphatic hydroxyl groups excluding tert-OH is 2. The van der Waals surface area contributed by atoms with E-state index in [1.165, 1.54) is 4.90 Å². The molecule has 1 amide bonds. The lowest BCUT2D eigenvalue weighted by molar-refractivity contribution is -0.130. The van der Waals surface area contributed by atoms with E-state index in [1.54, 1.807) is 11.8 Å². The van der Waals surface area contributed by atoms with Crippen molar-refractivity contribution in [2.24, 2.45) is 0 Å². The molecule has 2 atom stereocenters. The van der Waals surface area contributed by atoms with Gasteiger partial charge in [0.2, 0.25) is 5.91 Å². The number of aliphatic hydroxyl groups is 2. The van der Waals surface area contributed by atoms with Gasteiger partial charge in [-0.1, -0.05) is 0 Å². The number of nitrogens with zero attached hydrogens (tertiary/aromatic N) is 1. The summed E-state index contributed by atoms with van der Waals surface area (Å²) in [4.78, 5) is 12.9. The van der Waals surface area contributed by atoms with Gasteiger partial charge in [0.1, 0.15) is 0 Å². The number of rotatable bonds is 3. The summed E-state index contributed by atoms with van der Waals surface area (Å²) in [5.74, 6) is 0.812. The summed E-state index contributed by atoms with van der Waals surface area (Å²) < 4.78 is 0. The van der Waals surface area contributed by atoms with Gasteiger partial charge in [-0.25, -0.2) is 0 Å². The van der Waals surface area contributed by atoms with E-state index in [9.17, 15) is 15.0 Å². The molecule has 4 nitrogen and oxygen atoms in total. The summed E-state index contributed by atoms with van der Waals surface area (Å²) in [6, 6.07) is 0. The topological polar surface area (TPSA) is 60.8 Å². The first-order valence-corrected chi connectivity index (χ1v) is 5.67. The Balaban J connectivity index is 2.33. The van der Waals surface area contributed by atoms with E-state index in [0.29, 0.717) is 6.42 Å². The van der Waals surface area contributed by atoms with E-state index in [2.05, 4.69) is 0 Å².